The molecule has 2 aromatic rings. The largest absolute Gasteiger partial charge is 0.310 e. The van der Waals surface area contributed by atoms with E-state index in [9.17, 15) is 9.59 Å². The topological polar surface area (TPSA) is 65.5 Å². The number of aromatic nitrogens is 1. The van der Waals surface area contributed by atoms with Crippen molar-refractivity contribution in [1.82, 2.24) is 9.88 Å². The fourth-order valence-electron chi connectivity index (χ4n) is 3.34. The van der Waals surface area contributed by atoms with Crippen molar-refractivity contribution in [1.29, 1.82) is 0 Å². The number of thioether (sulfide) groups is 1. The summed E-state index contributed by atoms with van der Waals surface area (Å²) in [7, 11) is 2.09. The monoisotopic (exact) mass is 402 g/mol. The first-order valence-electron chi connectivity index (χ1n) is 9.09. The molecule has 142 valence electrons. The molecule has 0 fully saturated rings. The molecule has 1 aromatic heterocycles. The molecule has 0 saturated heterocycles. The molecule has 3 heterocycles. The number of carbonyl (C=O) groups is 2. The second-order valence-corrected chi connectivity index (χ2v) is 9.01. The number of para-hydroxylation sites is 1. The lowest BCUT2D eigenvalue weighted by atomic mass is 10.2. The van der Waals surface area contributed by atoms with E-state index in [0.717, 1.165) is 41.5 Å². The van der Waals surface area contributed by atoms with Crippen molar-refractivity contribution in [2.45, 2.75) is 30.7 Å². The van der Waals surface area contributed by atoms with E-state index in [4.69, 9.17) is 0 Å². The van der Waals surface area contributed by atoms with Crippen molar-refractivity contribution in [2.75, 3.05) is 36.1 Å². The molecule has 0 aliphatic carbocycles. The lowest BCUT2D eigenvalue weighted by Crippen LogP contribution is -2.35. The van der Waals surface area contributed by atoms with Crippen molar-refractivity contribution in [3.8, 4) is 0 Å². The van der Waals surface area contributed by atoms with Crippen LogP contribution in [0.1, 0.15) is 23.4 Å². The minimum atomic E-state index is -0.150. The minimum absolute atomic E-state index is 0.00189. The van der Waals surface area contributed by atoms with Crippen LogP contribution in [0.3, 0.4) is 0 Å². The summed E-state index contributed by atoms with van der Waals surface area (Å²) in [6.45, 7) is 2.57. The molecule has 0 bridgehead atoms. The Bertz CT molecular complexity index is 867. The van der Waals surface area contributed by atoms with Gasteiger partial charge in [0.05, 0.1) is 11.4 Å². The quantitative estimate of drug-likeness (QED) is 0.852. The number of nitrogens with one attached hydrogen (secondary N) is 1. The number of likely N-dealkylation sites (N-methyl/N-ethyl adjacent to an activating group) is 1. The molecule has 1 aromatic carbocycles. The molecular weight excluding hydrogens is 380 g/mol. The Labute approximate surface area is 167 Å². The normalized spacial score (nSPS) is 16.6. The SMILES string of the molecule is CN1CCc2nc(NC(=O)CCC(=O)N3CCSc4ccccc43)sc2C1. The van der Waals surface area contributed by atoms with Crippen LogP contribution in [0.15, 0.2) is 29.2 Å². The smallest absolute Gasteiger partial charge is 0.227 e. The van der Waals surface area contributed by atoms with Crippen LogP contribution in [0, 0.1) is 0 Å². The van der Waals surface area contributed by atoms with Crippen molar-refractivity contribution >= 4 is 45.7 Å². The third-order valence-corrected chi connectivity index (χ3v) is 6.80. The zero-order valence-corrected chi connectivity index (χ0v) is 16.9. The first-order valence-corrected chi connectivity index (χ1v) is 10.9. The van der Waals surface area contributed by atoms with Gasteiger partial charge in [-0.25, -0.2) is 4.98 Å². The lowest BCUT2D eigenvalue weighted by Gasteiger charge is -2.28. The Hall–Kier alpha value is -1.90. The molecule has 0 unspecified atom stereocenters. The van der Waals surface area contributed by atoms with Gasteiger partial charge in [-0.05, 0) is 19.2 Å². The van der Waals surface area contributed by atoms with Crippen LogP contribution in [0.2, 0.25) is 0 Å². The number of anilines is 2. The molecule has 0 saturated carbocycles. The first-order chi connectivity index (χ1) is 13.1. The summed E-state index contributed by atoms with van der Waals surface area (Å²) >= 11 is 3.30. The van der Waals surface area contributed by atoms with Gasteiger partial charge in [-0.1, -0.05) is 12.1 Å². The molecule has 0 atom stereocenters. The van der Waals surface area contributed by atoms with E-state index < -0.39 is 0 Å². The fourth-order valence-corrected chi connectivity index (χ4v) is 5.44. The Morgan fingerprint density at radius 2 is 2.07 bits per heavy atom. The summed E-state index contributed by atoms with van der Waals surface area (Å²) < 4.78 is 0. The number of hydrogen-bond acceptors (Lipinski definition) is 6. The highest BCUT2D eigenvalue weighted by atomic mass is 32.2. The number of nitrogens with zero attached hydrogens (tertiary/aromatic N) is 3. The highest BCUT2D eigenvalue weighted by molar-refractivity contribution is 7.99. The van der Waals surface area contributed by atoms with E-state index in [2.05, 4.69) is 22.2 Å². The van der Waals surface area contributed by atoms with Gasteiger partial charge >= 0.3 is 0 Å². The molecule has 2 aliphatic heterocycles. The van der Waals surface area contributed by atoms with Crippen molar-refractivity contribution in [3.63, 3.8) is 0 Å². The third-order valence-electron chi connectivity index (χ3n) is 4.76. The van der Waals surface area contributed by atoms with E-state index in [1.807, 2.05) is 24.3 Å². The second-order valence-electron chi connectivity index (χ2n) is 6.79. The van der Waals surface area contributed by atoms with Crippen LogP contribution in [0.5, 0.6) is 0 Å². The summed E-state index contributed by atoms with van der Waals surface area (Å²) in [5.41, 5.74) is 2.04. The molecule has 0 radical (unpaired) electrons. The second kappa shape index (κ2) is 8.00. The van der Waals surface area contributed by atoms with Gasteiger partial charge in [0, 0.05) is 54.4 Å². The number of benzene rings is 1. The summed E-state index contributed by atoms with van der Waals surface area (Å²) in [5.74, 6) is 0.731. The van der Waals surface area contributed by atoms with Crippen molar-refractivity contribution in [2.24, 2.45) is 0 Å². The number of rotatable bonds is 4. The molecule has 8 heteroatoms. The van der Waals surface area contributed by atoms with E-state index in [0.29, 0.717) is 11.7 Å². The zero-order valence-electron chi connectivity index (χ0n) is 15.2. The Kier molecular flexibility index (Phi) is 5.47. The van der Waals surface area contributed by atoms with Gasteiger partial charge in [-0.2, -0.15) is 0 Å². The maximum absolute atomic E-state index is 12.6. The standard InChI is InChI=1S/C19H22N4O2S2/c1-22-9-8-13-16(12-22)27-19(20-13)21-17(24)6-7-18(25)23-10-11-26-15-5-3-2-4-14(15)23/h2-5H,6-12H2,1H3,(H,20,21,24). The van der Waals surface area contributed by atoms with Gasteiger partial charge in [-0.3, -0.25) is 9.59 Å². The summed E-state index contributed by atoms with van der Waals surface area (Å²) in [6, 6.07) is 7.93. The number of fused-ring (bicyclic) bond motifs is 2. The maximum atomic E-state index is 12.6. The Morgan fingerprint density at radius 1 is 1.22 bits per heavy atom. The summed E-state index contributed by atoms with van der Waals surface area (Å²) in [5, 5.41) is 3.51. The van der Waals surface area contributed by atoms with Crippen LogP contribution in [0.4, 0.5) is 10.8 Å². The maximum Gasteiger partial charge on any atom is 0.227 e. The molecule has 1 N–H and O–H groups in total. The number of hydrogen-bond donors (Lipinski definition) is 1. The molecule has 2 amide bonds. The molecule has 0 spiro atoms. The summed E-state index contributed by atoms with van der Waals surface area (Å²) in [6.07, 6.45) is 1.30. The van der Waals surface area contributed by atoms with Crippen molar-refractivity contribution in [3.05, 3.63) is 34.8 Å². The number of thiazole rings is 1. The number of amides is 2. The highest BCUT2D eigenvalue weighted by Crippen LogP contribution is 2.34. The Balaban J connectivity index is 1.33. The predicted octanol–water partition coefficient (Wildman–Crippen LogP) is 2.99. The van der Waals surface area contributed by atoms with Gasteiger partial charge in [0.2, 0.25) is 11.8 Å². The van der Waals surface area contributed by atoms with E-state index >= 15 is 0 Å². The minimum Gasteiger partial charge on any atom is -0.310 e. The van der Waals surface area contributed by atoms with Crippen LogP contribution in [-0.4, -0.2) is 47.6 Å². The van der Waals surface area contributed by atoms with Crippen LogP contribution in [-0.2, 0) is 22.6 Å². The zero-order chi connectivity index (χ0) is 18.8. The molecule has 4 rings (SSSR count). The Morgan fingerprint density at radius 3 is 2.96 bits per heavy atom. The van der Waals surface area contributed by atoms with E-state index in [1.165, 1.54) is 16.2 Å². The van der Waals surface area contributed by atoms with Crippen molar-refractivity contribution < 1.29 is 9.59 Å². The van der Waals surface area contributed by atoms with Crippen LogP contribution < -0.4 is 10.2 Å². The van der Waals surface area contributed by atoms with Gasteiger partial charge in [-0.15, -0.1) is 23.1 Å². The highest BCUT2D eigenvalue weighted by Gasteiger charge is 2.23. The van der Waals surface area contributed by atoms with Gasteiger partial charge in [0.15, 0.2) is 5.13 Å². The van der Waals surface area contributed by atoms with Gasteiger partial charge in [0.1, 0.15) is 0 Å². The molecule has 2 aliphatic rings. The lowest BCUT2D eigenvalue weighted by molar-refractivity contribution is -0.122. The van der Waals surface area contributed by atoms with Gasteiger partial charge < -0.3 is 15.1 Å². The fraction of sp³-hybridized carbons (Fsp3) is 0.421. The van der Waals surface area contributed by atoms with Gasteiger partial charge in [0.25, 0.3) is 0 Å². The summed E-state index contributed by atoms with van der Waals surface area (Å²) in [4.78, 5) is 35.9. The predicted molar refractivity (Wildman–Crippen MR) is 110 cm³/mol. The molecular formula is C19H22N4O2S2. The molecule has 6 nitrogen and oxygen atoms in total. The van der Waals surface area contributed by atoms with E-state index in [1.54, 1.807) is 16.7 Å². The average Bonchev–Trinajstić information content (AvgIpc) is 3.06. The van der Waals surface area contributed by atoms with Crippen LogP contribution >= 0.6 is 23.1 Å². The number of carbonyl (C=O) groups excluding carboxylic acids is 2. The molecule has 27 heavy (non-hydrogen) atoms. The van der Waals surface area contributed by atoms with E-state index in [-0.39, 0.29) is 24.7 Å². The first kappa shape index (κ1) is 18.5. The van der Waals surface area contributed by atoms with Crippen LogP contribution in [0.25, 0.3) is 0 Å². The average molecular weight is 403 g/mol. The third kappa shape index (κ3) is 4.17.